The molecule has 2 aliphatic rings. The first-order chi connectivity index (χ1) is 8.28. The maximum absolute atomic E-state index is 3.87. The van der Waals surface area contributed by atoms with Crippen LogP contribution in [0.2, 0.25) is 0 Å². The van der Waals surface area contributed by atoms with E-state index in [1.165, 1.54) is 70.8 Å². The molecule has 0 unspecified atom stereocenters. The Morgan fingerprint density at radius 2 is 1.71 bits per heavy atom. The predicted octanol–water partition coefficient (Wildman–Crippen LogP) is 4.52. The second kappa shape index (κ2) is 6.22. The highest BCUT2D eigenvalue weighted by atomic mass is 14.9. The van der Waals surface area contributed by atoms with E-state index in [0.717, 1.165) is 17.4 Å². The Morgan fingerprint density at radius 1 is 1.00 bits per heavy atom. The zero-order valence-corrected chi connectivity index (χ0v) is 11.9. The van der Waals surface area contributed by atoms with Gasteiger partial charge in [0.1, 0.15) is 0 Å². The lowest BCUT2D eigenvalue weighted by Crippen LogP contribution is -2.37. The Morgan fingerprint density at radius 3 is 2.24 bits per heavy atom. The molecule has 0 radical (unpaired) electrons. The summed E-state index contributed by atoms with van der Waals surface area (Å²) in [6.45, 7) is 5.96. The van der Waals surface area contributed by atoms with E-state index in [1.54, 1.807) is 0 Å². The highest BCUT2D eigenvalue weighted by Crippen LogP contribution is 2.49. The van der Waals surface area contributed by atoms with E-state index >= 15 is 0 Å². The summed E-state index contributed by atoms with van der Waals surface area (Å²) in [5, 5.41) is 3.87. The summed E-state index contributed by atoms with van der Waals surface area (Å²) >= 11 is 0. The third-order valence-electron chi connectivity index (χ3n) is 5.05. The minimum atomic E-state index is 0.731. The van der Waals surface area contributed by atoms with E-state index in [9.17, 15) is 0 Å². The van der Waals surface area contributed by atoms with Gasteiger partial charge in [-0.2, -0.15) is 0 Å². The average molecular weight is 237 g/mol. The van der Waals surface area contributed by atoms with Gasteiger partial charge in [-0.15, -0.1) is 0 Å². The van der Waals surface area contributed by atoms with E-state index in [-0.39, 0.29) is 0 Å². The van der Waals surface area contributed by atoms with E-state index < -0.39 is 0 Å². The number of nitrogens with one attached hydrogen (secondary N) is 1. The fraction of sp³-hybridized carbons (Fsp3) is 1.00. The molecule has 0 amide bonds. The second-order valence-corrected chi connectivity index (χ2v) is 6.64. The summed E-state index contributed by atoms with van der Waals surface area (Å²) in [5.74, 6) is 1.04. The standard InChI is InChI=1S/C16H31N/c1-3-5-14-6-8-15(9-7-14)17-13-16(10-4-2)11-12-16/h14-15,17H,3-13H2,1-2H3. The van der Waals surface area contributed by atoms with Crippen LogP contribution in [-0.4, -0.2) is 12.6 Å². The molecule has 100 valence electrons. The van der Waals surface area contributed by atoms with E-state index in [4.69, 9.17) is 0 Å². The van der Waals surface area contributed by atoms with E-state index in [0.29, 0.717) is 0 Å². The van der Waals surface area contributed by atoms with Crippen molar-refractivity contribution < 1.29 is 0 Å². The minimum absolute atomic E-state index is 0.731. The molecule has 0 aromatic rings. The van der Waals surface area contributed by atoms with Crippen molar-refractivity contribution in [2.75, 3.05) is 6.54 Å². The highest BCUT2D eigenvalue weighted by Gasteiger charge is 2.41. The van der Waals surface area contributed by atoms with Crippen molar-refractivity contribution in [3.63, 3.8) is 0 Å². The van der Waals surface area contributed by atoms with Crippen molar-refractivity contribution in [3.8, 4) is 0 Å². The first kappa shape index (κ1) is 13.4. The summed E-state index contributed by atoms with van der Waals surface area (Å²) in [6, 6.07) is 0.845. The number of hydrogen-bond acceptors (Lipinski definition) is 1. The van der Waals surface area contributed by atoms with Crippen molar-refractivity contribution in [1.82, 2.24) is 5.32 Å². The Balaban J connectivity index is 1.62. The smallest absolute Gasteiger partial charge is 0.00674 e. The van der Waals surface area contributed by atoms with Crippen molar-refractivity contribution in [2.24, 2.45) is 11.3 Å². The van der Waals surface area contributed by atoms with E-state index in [1.807, 2.05) is 0 Å². The molecular formula is C16H31N. The first-order valence-electron chi connectivity index (χ1n) is 8.01. The molecule has 2 fully saturated rings. The van der Waals surface area contributed by atoms with Crippen LogP contribution >= 0.6 is 0 Å². The molecule has 2 rings (SSSR count). The van der Waals surface area contributed by atoms with Gasteiger partial charge in [-0.05, 0) is 56.3 Å². The second-order valence-electron chi connectivity index (χ2n) is 6.64. The monoisotopic (exact) mass is 237 g/mol. The summed E-state index contributed by atoms with van der Waals surface area (Å²) < 4.78 is 0. The Kier molecular flexibility index (Phi) is 4.90. The van der Waals surface area contributed by atoms with Gasteiger partial charge in [-0.25, -0.2) is 0 Å². The van der Waals surface area contributed by atoms with Crippen molar-refractivity contribution in [1.29, 1.82) is 0 Å². The summed E-state index contributed by atoms with van der Waals surface area (Å²) in [7, 11) is 0. The highest BCUT2D eigenvalue weighted by molar-refractivity contribution is 4.95. The Labute approximate surface area is 108 Å². The fourth-order valence-corrected chi connectivity index (χ4v) is 3.65. The minimum Gasteiger partial charge on any atom is -0.313 e. The zero-order chi connectivity index (χ0) is 12.1. The topological polar surface area (TPSA) is 12.0 Å². The van der Waals surface area contributed by atoms with Crippen LogP contribution in [0.4, 0.5) is 0 Å². The van der Waals surface area contributed by atoms with Gasteiger partial charge >= 0.3 is 0 Å². The van der Waals surface area contributed by atoms with Crippen LogP contribution in [0.5, 0.6) is 0 Å². The van der Waals surface area contributed by atoms with Crippen LogP contribution in [-0.2, 0) is 0 Å². The fourth-order valence-electron chi connectivity index (χ4n) is 3.65. The summed E-state index contributed by atoms with van der Waals surface area (Å²) in [5.41, 5.74) is 0.731. The van der Waals surface area contributed by atoms with Gasteiger partial charge in [0.05, 0.1) is 0 Å². The molecule has 1 N–H and O–H groups in total. The van der Waals surface area contributed by atoms with Crippen molar-refractivity contribution in [2.45, 2.75) is 84.1 Å². The molecule has 0 bridgehead atoms. The van der Waals surface area contributed by atoms with Crippen LogP contribution in [0.15, 0.2) is 0 Å². The van der Waals surface area contributed by atoms with Crippen LogP contribution in [0.25, 0.3) is 0 Å². The Hall–Kier alpha value is -0.0400. The molecule has 2 aliphatic carbocycles. The van der Waals surface area contributed by atoms with Crippen LogP contribution in [0.1, 0.15) is 78.1 Å². The Bertz CT molecular complexity index is 212. The maximum Gasteiger partial charge on any atom is 0.00674 e. The van der Waals surface area contributed by atoms with Gasteiger partial charge in [-0.1, -0.05) is 33.1 Å². The lowest BCUT2D eigenvalue weighted by molar-refractivity contribution is 0.263. The third-order valence-corrected chi connectivity index (χ3v) is 5.05. The molecule has 0 atom stereocenters. The molecule has 0 aliphatic heterocycles. The zero-order valence-electron chi connectivity index (χ0n) is 11.9. The van der Waals surface area contributed by atoms with Crippen molar-refractivity contribution >= 4 is 0 Å². The first-order valence-corrected chi connectivity index (χ1v) is 8.01. The molecule has 1 nitrogen and oxygen atoms in total. The third kappa shape index (κ3) is 3.98. The van der Waals surface area contributed by atoms with Gasteiger partial charge in [0, 0.05) is 12.6 Å². The lowest BCUT2D eigenvalue weighted by Gasteiger charge is -2.30. The molecule has 0 aromatic heterocycles. The lowest BCUT2D eigenvalue weighted by atomic mass is 9.83. The average Bonchev–Trinajstić information content (AvgIpc) is 3.10. The van der Waals surface area contributed by atoms with Gasteiger partial charge in [0.25, 0.3) is 0 Å². The molecule has 0 saturated heterocycles. The number of hydrogen-bond donors (Lipinski definition) is 1. The molecule has 17 heavy (non-hydrogen) atoms. The van der Waals surface area contributed by atoms with Crippen molar-refractivity contribution in [3.05, 3.63) is 0 Å². The molecule has 2 saturated carbocycles. The molecular weight excluding hydrogens is 206 g/mol. The predicted molar refractivity (Wildman–Crippen MR) is 75.2 cm³/mol. The normalized spacial score (nSPS) is 31.4. The molecule has 0 aromatic carbocycles. The molecule has 0 heterocycles. The van der Waals surface area contributed by atoms with Crippen LogP contribution in [0, 0.1) is 11.3 Å². The van der Waals surface area contributed by atoms with Gasteiger partial charge in [0.2, 0.25) is 0 Å². The van der Waals surface area contributed by atoms with Crippen LogP contribution < -0.4 is 5.32 Å². The van der Waals surface area contributed by atoms with Crippen LogP contribution in [0.3, 0.4) is 0 Å². The summed E-state index contributed by atoms with van der Waals surface area (Å²) in [6.07, 6.45) is 14.5. The quantitative estimate of drug-likeness (QED) is 0.686. The van der Waals surface area contributed by atoms with Gasteiger partial charge in [-0.3, -0.25) is 0 Å². The molecule has 0 spiro atoms. The summed E-state index contributed by atoms with van der Waals surface area (Å²) in [4.78, 5) is 0. The van der Waals surface area contributed by atoms with Gasteiger partial charge < -0.3 is 5.32 Å². The molecule has 1 heteroatoms. The van der Waals surface area contributed by atoms with Gasteiger partial charge in [0.15, 0.2) is 0 Å². The SMILES string of the molecule is CCCC1CCC(NCC2(CCC)CC2)CC1. The maximum atomic E-state index is 3.87. The van der Waals surface area contributed by atoms with E-state index in [2.05, 4.69) is 19.2 Å². The largest absolute Gasteiger partial charge is 0.313 e. The number of rotatable bonds is 7.